The lowest BCUT2D eigenvalue weighted by Crippen LogP contribution is -2.11. The summed E-state index contributed by atoms with van der Waals surface area (Å²) < 4.78 is 12.3. The molecular formula is C13H20FN. The van der Waals surface area contributed by atoms with Gasteiger partial charge in [0.15, 0.2) is 0 Å². The fourth-order valence-corrected chi connectivity index (χ4v) is 1.80. The van der Waals surface area contributed by atoms with Crippen LogP contribution in [0.5, 0.6) is 0 Å². The smallest absolute Gasteiger partial charge is 0.115 e. The summed E-state index contributed by atoms with van der Waals surface area (Å²) in [6.07, 6.45) is 2.28. The maximum atomic E-state index is 12.3. The van der Waals surface area contributed by atoms with Gasteiger partial charge in [-0.3, -0.25) is 0 Å². The minimum absolute atomic E-state index is 0.367. The zero-order chi connectivity index (χ0) is 11.1. The van der Waals surface area contributed by atoms with Crippen molar-refractivity contribution in [2.45, 2.75) is 32.4 Å². The molecule has 0 fully saturated rings. The molecule has 0 saturated carbocycles. The molecule has 0 bridgehead atoms. The molecular weight excluding hydrogens is 189 g/mol. The van der Waals surface area contributed by atoms with Gasteiger partial charge in [-0.05, 0) is 43.5 Å². The second-order valence-electron chi connectivity index (χ2n) is 3.87. The third kappa shape index (κ3) is 3.63. The molecule has 0 amide bonds. The van der Waals surface area contributed by atoms with Crippen molar-refractivity contribution >= 4 is 0 Å². The Balaban J connectivity index is 2.65. The predicted molar refractivity (Wildman–Crippen MR) is 62.8 cm³/mol. The van der Waals surface area contributed by atoms with E-state index in [0.717, 1.165) is 24.9 Å². The quantitative estimate of drug-likeness (QED) is 0.758. The van der Waals surface area contributed by atoms with Crippen LogP contribution in [0.15, 0.2) is 24.3 Å². The molecule has 0 radical (unpaired) electrons. The van der Waals surface area contributed by atoms with E-state index in [2.05, 4.69) is 24.4 Å². The van der Waals surface area contributed by atoms with Crippen molar-refractivity contribution in [3.05, 3.63) is 35.4 Å². The first-order chi connectivity index (χ1) is 7.31. The predicted octanol–water partition coefficient (Wildman–Crippen LogP) is 3.26. The number of nitrogens with one attached hydrogen (secondary N) is 1. The lowest BCUT2D eigenvalue weighted by atomic mass is 9.92. The first-order valence-corrected chi connectivity index (χ1v) is 5.61. The van der Waals surface area contributed by atoms with Crippen molar-refractivity contribution in [2.24, 2.45) is 0 Å². The SMILES string of the molecule is CCC(CCNC)c1ccc(CF)cc1. The summed E-state index contributed by atoms with van der Waals surface area (Å²) in [6, 6.07) is 7.88. The molecule has 84 valence electrons. The molecule has 1 N–H and O–H groups in total. The monoisotopic (exact) mass is 209 g/mol. The van der Waals surface area contributed by atoms with Gasteiger partial charge in [-0.15, -0.1) is 0 Å². The molecule has 2 heteroatoms. The van der Waals surface area contributed by atoms with Crippen LogP contribution in [0, 0.1) is 0 Å². The summed E-state index contributed by atoms with van der Waals surface area (Å²) in [7, 11) is 1.97. The zero-order valence-electron chi connectivity index (χ0n) is 9.59. The van der Waals surface area contributed by atoms with Gasteiger partial charge in [0.25, 0.3) is 0 Å². The summed E-state index contributed by atoms with van der Waals surface area (Å²) in [4.78, 5) is 0. The Morgan fingerprint density at radius 3 is 2.40 bits per heavy atom. The van der Waals surface area contributed by atoms with Crippen LogP contribution < -0.4 is 5.32 Å². The van der Waals surface area contributed by atoms with E-state index in [1.54, 1.807) is 0 Å². The minimum Gasteiger partial charge on any atom is -0.320 e. The Hall–Kier alpha value is -0.890. The summed E-state index contributed by atoms with van der Waals surface area (Å²) >= 11 is 0. The molecule has 1 rings (SSSR count). The first-order valence-electron chi connectivity index (χ1n) is 5.61. The highest BCUT2D eigenvalue weighted by Gasteiger charge is 2.08. The summed E-state index contributed by atoms with van der Waals surface area (Å²) in [5, 5.41) is 3.16. The van der Waals surface area contributed by atoms with Gasteiger partial charge in [0.1, 0.15) is 6.67 Å². The highest BCUT2D eigenvalue weighted by molar-refractivity contribution is 5.25. The van der Waals surface area contributed by atoms with Gasteiger partial charge in [-0.25, -0.2) is 4.39 Å². The van der Waals surface area contributed by atoms with Gasteiger partial charge in [-0.1, -0.05) is 31.2 Å². The van der Waals surface area contributed by atoms with Gasteiger partial charge >= 0.3 is 0 Å². The van der Waals surface area contributed by atoms with Crippen LogP contribution in [0.2, 0.25) is 0 Å². The number of benzene rings is 1. The molecule has 0 aromatic heterocycles. The average molecular weight is 209 g/mol. The molecule has 1 unspecified atom stereocenters. The van der Waals surface area contributed by atoms with Crippen LogP contribution in [0.25, 0.3) is 0 Å². The van der Waals surface area contributed by atoms with E-state index >= 15 is 0 Å². The molecule has 0 heterocycles. The van der Waals surface area contributed by atoms with E-state index in [9.17, 15) is 4.39 Å². The maximum absolute atomic E-state index is 12.3. The Labute approximate surface area is 91.7 Å². The van der Waals surface area contributed by atoms with Crippen LogP contribution in [0.3, 0.4) is 0 Å². The van der Waals surface area contributed by atoms with Crippen molar-refractivity contribution in [1.82, 2.24) is 5.32 Å². The normalized spacial score (nSPS) is 12.7. The zero-order valence-corrected chi connectivity index (χ0v) is 9.59. The van der Waals surface area contributed by atoms with Crippen molar-refractivity contribution in [3.63, 3.8) is 0 Å². The average Bonchev–Trinajstić information content (AvgIpc) is 2.31. The molecule has 0 aliphatic carbocycles. The second-order valence-corrected chi connectivity index (χ2v) is 3.87. The van der Waals surface area contributed by atoms with Gasteiger partial charge in [0, 0.05) is 0 Å². The van der Waals surface area contributed by atoms with Gasteiger partial charge in [0.2, 0.25) is 0 Å². The van der Waals surface area contributed by atoms with Crippen LogP contribution >= 0.6 is 0 Å². The Kier molecular flexibility index (Phi) is 5.33. The number of hydrogen-bond donors (Lipinski definition) is 1. The molecule has 1 nitrogen and oxygen atoms in total. The number of rotatable bonds is 6. The fourth-order valence-electron chi connectivity index (χ4n) is 1.80. The van der Waals surface area contributed by atoms with Crippen molar-refractivity contribution < 1.29 is 4.39 Å². The fraction of sp³-hybridized carbons (Fsp3) is 0.538. The third-order valence-corrected chi connectivity index (χ3v) is 2.84. The van der Waals surface area contributed by atoms with Gasteiger partial charge in [-0.2, -0.15) is 0 Å². The van der Waals surface area contributed by atoms with E-state index in [1.165, 1.54) is 5.56 Å². The van der Waals surface area contributed by atoms with Crippen LogP contribution in [-0.4, -0.2) is 13.6 Å². The second kappa shape index (κ2) is 6.57. The highest BCUT2D eigenvalue weighted by Crippen LogP contribution is 2.23. The molecule has 1 aromatic rings. The first kappa shape index (κ1) is 12.2. The van der Waals surface area contributed by atoms with Crippen molar-refractivity contribution in [2.75, 3.05) is 13.6 Å². The van der Waals surface area contributed by atoms with Crippen molar-refractivity contribution in [1.29, 1.82) is 0 Å². The summed E-state index contributed by atoms with van der Waals surface area (Å²) in [5.41, 5.74) is 2.09. The van der Waals surface area contributed by atoms with Crippen LogP contribution in [0.1, 0.15) is 36.8 Å². The Morgan fingerprint density at radius 1 is 1.27 bits per heavy atom. The van der Waals surface area contributed by atoms with Crippen LogP contribution in [0.4, 0.5) is 4.39 Å². The summed E-state index contributed by atoms with van der Waals surface area (Å²) in [6.45, 7) is 2.86. The Bertz CT molecular complexity index is 268. The molecule has 0 aliphatic heterocycles. The minimum atomic E-state index is -0.367. The van der Waals surface area contributed by atoms with E-state index in [4.69, 9.17) is 0 Å². The molecule has 15 heavy (non-hydrogen) atoms. The van der Waals surface area contributed by atoms with Crippen LogP contribution in [-0.2, 0) is 6.67 Å². The van der Waals surface area contributed by atoms with E-state index < -0.39 is 0 Å². The number of halogens is 1. The Morgan fingerprint density at radius 2 is 1.93 bits per heavy atom. The van der Waals surface area contributed by atoms with Gasteiger partial charge < -0.3 is 5.32 Å². The van der Waals surface area contributed by atoms with Gasteiger partial charge in [0.05, 0.1) is 0 Å². The number of alkyl halides is 1. The number of hydrogen-bond acceptors (Lipinski definition) is 1. The lowest BCUT2D eigenvalue weighted by Gasteiger charge is -2.15. The molecule has 0 saturated heterocycles. The standard InChI is InChI=1S/C13H20FN/c1-3-12(8-9-15-2)13-6-4-11(10-14)5-7-13/h4-7,12,15H,3,8-10H2,1-2H3. The topological polar surface area (TPSA) is 12.0 Å². The largest absolute Gasteiger partial charge is 0.320 e. The maximum Gasteiger partial charge on any atom is 0.115 e. The highest BCUT2D eigenvalue weighted by atomic mass is 19.1. The van der Waals surface area contributed by atoms with Crippen molar-refractivity contribution in [3.8, 4) is 0 Å². The molecule has 0 aliphatic rings. The van der Waals surface area contributed by atoms with E-state index in [1.807, 2.05) is 19.2 Å². The summed E-state index contributed by atoms with van der Waals surface area (Å²) in [5.74, 6) is 0.589. The molecule has 0 spiro atoms. The third-order valence-electron chi connectivity index (χ3n) is 2.84. The van der Waals surface area contributed by atoms with E-state index in [-0.39, 0.29) is 6.67 Å². The molecule has 1 aromatic carbocycles. The molecule has 1 atom stereocenters. The van der Waals surface area contributed by atoms with E-state index in [0.29, 0.717) is 5.92 Å². The lowest BCUT2D eigenvalue weighted by molar-refractivity contribution is 0.485.